The van der Waals surface area contributed by atoms with E-state index in [1.165, 1.54) is 29.2 Å². The average molecular weight is 430 g/mol. The number of rotatable bonds is 5. The maximum absolute atomic E-state index is 13.5. The lowest BCUT2D eigenvalue weighted by atomic mass is 10.0. The van der Waals surface area contributed by atoms with Crippen LogP contribution in [0.1, 0.15) is 16.7 Å². The lowest BCUT2D eigenvalue weighted by Gasteiger charge is -2.16. The van der Waals surface area contributed by atoms with E-state index < -0.39 is 17.6 Å². The predicted octanol–water partition coefficient (Wildman–Crippen LogP) is 4.26. The van der Waals surface area contributed by atoms with Gasteiger partial charge in [0.15, 0.2) is 11.5 Å². The Hall–Kier alpha value is -4.13. The summed E-state index contributed by atoms with van der Waals surface area (Å²) in [5.74, 6) is -0.121. The Morgan fingerprint density at radius 2 is 1.62 bits per heavy atom. The minimum atomic E-state index is -0.451. The molecule has 0 saturated carbocycles. The molecule has 0 aromatic heterocycles. The van der Waals surface area contributed by atoms with Gasteiger partial charge in [-0.2, -0.15) is 0 Å². The molecule has 0 atom stereocenters. The molecule has 0 fully saturated rings. The summed E-state index contributed by atoms with van der Waals surface area (Å²) >= 11 is 0. The highest BCUT2D eigenvalue weighted by Gasteiger charge is 2.39. The zero-order valence-corrected chi connectivity index (χ0v) is 17.2. The van der Waals surface area contributed by atoms with Crippen molar-refractivity contribution in [3.05, 3.63) is 94.9 Å². The second-order valence-electron chi connectivity index (χ2n) is 7.63. The average Bonchev–Trinajstić information content (AvgIpc) is 3.34. The second-order valence-corrected chi connectivity index (χ2v) is 7.63. The fraction of sp³-hybridized carbons (Fsp3) is 0.120. The maximum atomic E-state index is 13.5. The quantitative estimate of drug-likeness (QED) is 0.613. The van der Waals surface area contributed by atoms with Crippen LogP contribution >= 0.6 is 0 Å². The molecule has 2 aliphatic rings. The van der Waals surface area contributed by atoms with Crippen LogP contribution in [-0.2, 0) is 16.1 Å². The Bertz CT molecular complexity index is 1250. The minimum absolute atomic E-state index is 0.0675. The van der Waals surface area contributed by atoms with Gasteiger partial charge in [-0.05, 0) is 54.4 Å². The lowest BCUT2D eigenvalue weighted by Crippen LogP contribution is -2.32. The number of nitrogens with zero attached hydrogens (tertiary/aromatic N) is 1. The number of nitrogens with one attached hydrogen (secondary N) is 1. The largest absolute Gasteiger partial charge is 0.454 e. The molecule has 0 spiro atoms. The Balaban J connectivity index is 1.50. The first kappa shape index (κ1) is 19.8. The monoisotopic (exact) mass is 430 g/mol. The van der Waals surface area contributed by atoms with Crippen molar-refractivity contribution in [1.82, 2.24) is 4.90 Å². The third-order valence-electron chi connectivity index (χ3n) is 5.40. The van der Waals surface area contributed by atoms with Crippen molar-refractivity contribution in [2.24, 2.45) is 0 Å². The molecule has 32 heavy (non-hydrogen) atoms. The molecule has 3 aromatic carbocycles. The molecule has 2 amide bonds. The van der Waals surface area contributed by atoms with Crippen LogP contribution in [0.2, 0.25) is 0 Å². The van der Waals surface area contributed by atoms with Gasteiger partial charge in [0, 0.05) is 5.69 Å². The number of aryl methyl sites for hydroxylation is 1. The smallest absolute Gasteiger partial charge is 0.278 e. The van der Waals surface area contributed by atoms with E-state index in [1.807, 2.05) is 31.2 Å². The van der Waals surface area contributed by atoms with E-state index in [-0.39, 0.29) is 24.6 Å². The van der Waals surface area contributed by atoms with Crippen LogP contribution in [0, 0.1) is 12.7 Å². The van der Waals surface area contributed by atoms with E-state index in [2.05, 4.69) is 5.32 Å². The van der Waals surface area contributed by atoms with Gasteiger partial charge in [-0.25, -0.2) is 4.39 Å². The van der Waals surface area contributed by atoms with Gasteiger partial charge in [-0.1, -0.05) is 35.9 Å². The Labute approximate surface area is 183 Å². The number of hydrogen-bond donors (Lipinski definition) is 1. The zero-order valence-electron chi connectivity index (χ0n) is 17.2. The maximum Gasteiger partial charge on any atom is 0.278 e. The number of amides is 2. The van der Waals surface area contributed by atoms with Crippen molar-refractivity contribution in [2.75, 3.05) is 12.1 Å². The topological polar surface area (TPSA) is 67.9 Å². The molecule has 0 saturated heterocycles. The van der Waals surface area contributed by atoms with Crippen LogP contribution in [0.25, 0.3) is 5.57 Å². The van der Waals surface area contributed by atoms with Gasteiger partial charge >= 0.3 is 0 Å². The summed E-state index contributed by atoms with van der Waals surface area (Å²) in [6, 6.07) is 18.3. The third kappa shape index (κ3) is 3.58. The predicted molar refractivity (Wildman–Crippen MR) is 116 cm³/mol. The first-order valence-corrected chi connectivity index (χ1v) is 10.1. The molecule has 5 rings (SSSR count). The third-order valence-corrected chi connectivity index (χ3v) is 5.40. The van der Waals surface area contributed by atoms with E-state index in [9.17, 15) is 14.0 Å². The summed E-state index contributed by atoms with van der Waals surface area (Å²) in [6.45, 7) is 2.17. The number of halogens is 1. The summed E-state index contributed by atoms with van der Waals surface area (Å²) < 4.78 is 24.2. The van der Waals surface area contributed by atoms with E-state index >= 15 is 0 Å². The number of benzene rings is 3. The highest BCUT2D eigenvalue weighted by atomic mass is 19.1. The van der Waals surface area contributed by atoms with Crippen molar-refractivity contribution < 1.29 is 23.5 Å². The highest BCUT2D eigenvalue weighted by Crippen LogP contribution is 2.35. The number of hydrogen-bond acceptors (Lipinski definition) is 5. The van der Waals surface area contributed by atoms with Gasteiger partial charge in [-0.15, -0.1) is 0 Å². The first-order chi connectivity index (χ1) is 15.5. The normalized spacial score (nSPS) is 15.0. The standard InChI is InChI=1S/C25H19FN2O4/c1-15-2-9-19(10-3-15)27-23-22(17-5-7-18(26)8-6-17)24(29)28(25(23)30)13-16-4-11-20-21(12-16)32-14-31-20/h2-12,27H,13-14H2,1H3. The Morgan fingerprint density at radius 3 is 2.38 bits per heavy atom. The van der Waals surface area contributed by atoms with Crippen molar-refractivity contribution >= 4 is 23.1 Å². The van der Waals surface area contributed by atoms with E-state index in [0.717, 1.165) is 11.1 Å². The molecular weight excluding hydrogens is 411 g/mol. The fourth-order valence-electron chi connectivity index (χ4n) is 3.72. The number of anilines is 1. The highest BCUT2D eigenvalue weighted by molar-refractivity contribution is 6.36. The minimum Gasteiger partial charge on any atom is -0.454 e. The fourth-order valence-corrected chi connectivity index (χ4v) is 3.72. The number of fused-ring (bicyclic) bond motifs is 1. The summed E-state index contributed by atoms with van der Waals surface area (Å²) in [7, 11) is 0. The Kier molecular flexibility index (Phi) is 4.86. The van der Waals surface area contributed by atoms with Crippen molar-refractivity contribution in [3.63, 3.8) is 0 Å². The van der Waals surface area contributed by atoms with Crippen LogP contribution in [0.15, 0.2) is 72.4 Å². The molecule has 7 heteroatoms. The van der Waals surface area contributed by atoms with Crippen molar-refractivity contribution in [1.29, 1.82) is 0 Å². The molecule has 2 heterocycles. The molecule has 2 aliphatic heterocycles. The SMILES string of the molecule is Cc1ccc(NC2=C(c3ccc(F)cc3)C(=O)N(Cc3ccc4c(c3)OCO4)C2=O)cc1. The summed E-state index contributed by atoms with van der Waals surface area (Å²) in [6.07, 6.45) is 0. The van der Waals surface area contributed by atoms with Crippen LogP contribution < -0.4 is 14.8 Å². The van der Waals surface area contributed by atoms with Crippen LogP contribution in [-0.4, -0.2) is 23.5 Å². The van der Waals surface area contributed by atoms with Gasteiger partial charge in [0.25, 0.3) is 11.8 Å². The second kappa shape index (κ2) is 7.85. The number of carbonyl (C=O) groups excluding carboxylic acids is 2. The van der Waals surface area contributed by atoms with Gasteiger partial charge in [0.2, 0.25) is 6.79 Å². The van der Waals surface area contributed by atoms with Crippen LogP contribution in [0.3, 0.4) is 0 Å². The first-order valence-electron chi connectivity index (χ1n) is 10.1. The molecule has 0 radical (unpaired) electrons. The van der Waals surface area contributed by atoms with Gasteiger partial charge in [0.05, 0.1) is 12.1 Å². The molecule has 6 nitrogen and oxygen atoms in total. The van der Waals surface area contributed by atoms with Gasteiger partial charge in [0.1, 0.15) is 11.5 Å². The number of ether oxygens (including phenoxy) is 2. The molecule has 3 aromatic rings. The van der Waals surface area contributed by atoms with Gasteiger partial charge in [-0.3, -0.25) is 14.5 Å². The molecule has 0 bridgehead atoms. The van der Waals surface area contributed by atoms with E-state index in [1.54, 1.807) is 18.2 Å². The van der Waals surface area contributed by atoms with Crippen LogP contribution in [0.5, 0.6) is 11.5 Å². The number of imide groups is 1. The van der Waals surface area contributed by atoms with Gasteiger partial charge < -0.3 is 14.8 Å². The van der Waals surface area contributed by atoms with Crippen molar-refractivity contribution in [3.8, 4) is 11.5 Å². The summed E-state index contributed by atoms with van der Waals surface area (Å²) in [4.78, 5) is 27.9. The molecule has 1 N–H and O–H groups in total. The lowest BCUT2D eigenvalue weighted by molar-refractivity contribution is -0.137. The van der Waals surface area contributed by atoms with E-state index in [0.29, 0.717) is 22.7 Å². The zero-order chi connectivity index (χ0) is 22.2. The number of carbonyl (C=O) groups is 2. The molecule has 160 valence electrons. The Morgan fingerprint density at radius 1 is 0.906 bits per heavy atom. The summed E-state index contributed by atoms with van der Waals surface area (Å²) in [5.41, 5.74) is 3.30. The van der Waals surface area contributed by atoms with E-state index in [4.69, 9.17) is 9.47 Å². The molecule has 0 unspecified atom stereocenters. The van der Waals surface area contributed by atoms with Crippen molar-refractivity contribution in [2.45, 2.75) is 13.5 Å². The molecular formula is C25H19FN2O4. The molecule has 0 aliphatic carbocycles. The summed E-state index contributed by atoms with van der Waals surface area (Å²) in [5, 5.41) is 3.10. The van der Waals surface area contributed by atoms with Crippen LogP contribution in [0.4, 0.5) is 10.1 Å².